The van der Waals surface area contributed by atoms with Crippen molar-refractivity contribution in [2.75, 3.05) is 39.3 Å². The maximum atomic E-state index is 12.4. The molecule has 0 aliphatic carbocycles. The van der Waals surface area contributed by atoms with Gasteiger partial charge in [-0.2, -0.15) is 0 Å². The van der Waals surface area contributed by atoms with Crippen molar-refractivity contribution < 1.29 is 14.3 Å². The van der Waals surface area contributed by atoms with Crippen LogP contribution in [0.3, 0.4) is 0 Å². The van der Waals surface area contributed by atoms with E-state index in [-0.39, 0.29) is 17.9 Å². The summed E-state index contributed by atoms with van der Waals surface area (Å²) in [6.07, 6.45) is 0. The Morgan fingerprint density at radius 1 is 1.37 bits per heavy atom. The zero-order valence-electron chi connectivity index (χ0n) is 11.6. The van der Waals surface area contributed by atoms with Crippen LogP contribution in [0.5, 0.6) is 5.75 Å². The highest BCUT2D eigenvalue weighted by atomic mass is 16.5. The molecule has 19 heavy (non-hydrogen) atoms. The van der Waals surface area contributed by atoms with E-state index < -0.39 is 0 Å². The largest absolute Gasteiger partial charge is 0.497 e. The summed E-state index contributed by atoms with van der Waals surface area (Å²) in [6, 6.07) is 7.54. The summed E-state index contributed by atoms with van der Waals surface area (Å²) in [4.78, 5) is 14.1. The molecule has 1 fully saturated rings. The molecule has 0 radical (unpaired) electrons. The predicted octanol–water partition coefficient (Wildman–Crippen LogP) is 0.892. The Morgan fingerprint density at radius 2 is 2.05 bits per heavy atom. The number of hydrogen-bond donors (Lipinski definition) is 1. The summed E-state index contributed by atoms with van der Waals surface area (Å²) in [5, 5.41) is 3.13. The summed E-state index contributed by atoms with van der Waals surface area (Å²) >= 11 is 0. The first-order valence-electron chi connectivity index (χ1n) is 6.34. The Labute approximate surface area is 113 Å². The Hall–Kier alpha value is -1.59. The third-order valence-corrected chi connectivity index (χ3v) is 3.56. The minimum atomic E-state index is -0.128. The van der Waals surface area contributed by atoms with Crippen LogP contribution in [0.2, 0.25) is 0 Å². The number of nitrogens with zero attached hydrogens (tertiary/aromatic N) is 1. The van der Waals surface area contributed by atoms with E-state index in [4.69, 9.17) is 9.47 Å². The Morgan fingerprint density at radius 3 is 2.63 bits per heavy atom. The number of hydrogen-bond acceptors (Lipinski definition) is 4. The number of benzene rings is 1. The van der Waals surface area contributed by atoms with Crippen molar-refractivity contribution in [3.8, 4) is 5.75 Å². The first-order valence-corrected chi connectivity index (χ1v) is 6.34. The maximum absolute atomic E-state index is 12.4. The van der Waals surface area contributed by atoms with Crippen molar-refractivity contribution in [2.45, 2.75) is 6.04 Å². The zero-order valence-corrected chi connectivity index (χ0v) is 11.6. The van der Waals surface area contributed by atoms with Crippen molar-refractivity contribution in [3.63, 3.8) is 0 Å². The maximum Gasteiger partial charge on any atom is 0.233 e. The van der Waals surface area contributed by atoms with Crippen LogP contribution in [0.15, 0.2) is 24.3 Å². The fourth-order valence-electron chi connectivity index (χ4n) is 2.26. The van der Waals surface area contributed by atoms with Gasteiger partial charge >= 0.3 is 0 Å². The van der Waals surface area contributed by atoms with Gasteiger partial charge in [0, 0.05) is 18.8 Å². The van der Waals surface area contributed by atoms with Crippen LogP contribution in [-0.2, 0) is 9.53 Å². The van der Waals surface area contributed by atoms with Crippen LogP contribution >= 0.6 is 0 Å². The number of methoxy groups -OCH3 is 1. The molecule has 1 N–H and O–H groups in total. The summed E-state index contributed by atoms with van der Waals surface area (Å²) < 4.78 is 10.5. The van der Waals surface area contributed by atoms with E-state index in [1.54, 1.807) is 19.1 Å². The predicted molar refractivity (Wildman–Crippen MR) is 73.6 cm³/mol. The van der Waals surface area contributed by atoms with Gasteiger partial charge in [-0.3, -0.25) is 4.79 Å². The number of anilines is 1. The standard InChI is InChI=1S/C14H20N2O3/c1-15-13-9-19-8-12(13)14(17)16(2)10-4-6-11(18-3)7-5-10/h4-7,12-13,15H,8-9H2,1-3H3. The second-order valence-electron chi connectivity index (χ2n) is 4.63. The zero-order chi connectivity index (χ0) is 13.8. The van der Waals surface area contributed by atoms with Gasteiger partial charge in [-0.05, 0) is 31.3 Å². The van der Waals surface area contributed by atoms with E-state index in [1.807, 2.05) is 31.3 Å². The molecule has 5 heteroatoms. The molecule has 1 aromatic carbocycles. The molecule has 2 atom stereocenters. The Kier molecular flexibility index (Phi) is 4.39. The van der Waals surface area contributed by atoms with Crippen molar-refractivity contribution >= 4 is 11.6 Å². The van der Waals surface area contributed by atoms with Crippen LogP contribution in [0.1, 0.15) is 0 Å². The molecule has 1 saturated heterocycles. The fourth-order valence-corrected chi connectivity index (χ4v) is 2.26. The van der Waals surface area contributed by atoms with E-state index in [0.717, 1.165) is 11.4 Å². The number of carbonyl (C=O) groups excluding carboxylic acids is 1. The van der Waals surface area contributed by atoms with Gasteiger partial charge in [-0.15, -0.1) is 0 Å². The van der Waals surface area contributed by atoms with E-state index in [9.17, 15) is 4.79 Å². The fraction of sp³-hybridized carbons (Fsp3) is 0.500. The topological polar surface area (TPSA) is 50.8 Å². The monoisotopic (exact) mass is 264 g/mol. The van der Waals surface area contributed by atoms with Crippen molar-refractivity contribution in [3.05, 3.63) is 24.3 Å². The van der Waals surface area contributed by atoms with Gasteiger partial charge in [0.1, 0.15) is 5.75 Å². The van der Waals surface area contributed by atoms with Crippen LogP contribution < -0.4 is 15.0 Å². The van der Waals surface area contributed by atoms with Crippen molar-refractivity contribution in [1.82, 2.24) is 5.32 Å². The highest BCUT2D eigenvalue weighted by molar-refractivity contribution is 5.95. The molecule has 1 heterocycles. The summed E-state index contributed by atoms with van der Waals surface area (Å²) in [5.74, 6) is 0.723. The van der Waals surface area contributed by atoms with E-state index in [0.29, 0.717) is 13.2 Å². The van der Waals surface area contributed by atoms with E-state index in [1.165, 1.54) is 0 Å². The molecular weight excluding hydrogens is 244 g/mol. The molecule has 0 saturated carbocycles. The highest BCUT2D eigenvalue weighted by Gasteiger charge is 2.35. The summed E-state index contributed by atoms with van der Waals surface area (Å²) in [5.41, 5.74) is 0.854. The third kappa shape index (κ3) is 2.88. The molecule has 1 aromatic rings. The Bertz CT molecular complexity index is 433. The number of amides is 1. The van der Waals surface area contributed by atoms with Crippen LogP contribution in [0.25, 0.3) is 0 Å². The molecule has 2 unspecified atom stereocenters. The summed E-state index contributed by atoms with van der Waals surface area (Å²) in [7, 11) is 5.26. The van der Waals surface area contributed by atoms with Gasteiger partial charge in [0.15, 0.2) is 0 Å². The first kappa shape index (κ1) is 13.8. The van der Waals surface area contributed by atoms with Crippen molar-refractivity contribution in [1.29, 1.82) is 0 Å². The smallest absolute Gasteiger partial charge is 0.233 e. The number of ether oxygens (including phenoxy) is 2. The molecule has 0 aromatic heterocycles. The average Bonchev–Trinajstić information content (AvgIpc) is 2.94. The minimum Gasteiger partial charge on any atom is -0.497 e. The van der Waals surface area contributed by atoms with Gasteiger partial charge < -0.3 is 19.7 Å². The molecule has 0 spiro atoms. The third-order valence-electron chi connectivity index (χ3n) is 3.56. The normalized spacial score (nSPS) is 22.3. The van der Waals surface area contributed by atoms with Crippen LogP contribution in [0, 0.1) is 5.92 Å². The Balaban J connectivity index is 2.09. The lowest BCUT2D eigenvalue weighted by Gasteiger charge is -2.23. The van der Waals surface area contributed by atoms with Gasteiger partial charge in [-0.25, -0.2) is 0 Å². The molecule has 1 aliphatic rings. The SMILES string of the molecule is CNC1COCC1C(=O)N(C)c1ccc(OC)cc1. The molecule has 0 bridgehead atoms. The highest BCUT2D eigenvalue weighted by Crippen LogP contribution is 2.22. The minimum absolute atomic E-state index is 0.0713. The average molecular weight is 264 g/mol. The van der Waals surface area contributed by atoms with Crippen LogP contribution in [-0.4, -0.2) is 46.4 Å². The van der Waals surface area contributed by atoms with E-state index in [2.05, 4.69) is 5.32 Å². The van der Waals surface area contributed by atoms with Gasteiger partial charge in [0.25, 0.3) is 0 Å². The molecule has 1 aliphatic heterocycles. The quantitative estimate of drug-likeness (QED) is 0.877. The summed E-state index contributed by atoms with van der Waals surface area (Å²) in [6.45, 7) is 1.06. The lowest BCUT2D eigenvalue weighted by atomic mass is 10.0. The molecule has 5 nitrogen and oxygen atoms in total. The number of likely N-dealkylation sites (N-methyl/N-ethyl adjacent to an activating group) is 1. The van der Waals surface area contributed by atoms with Gasteiger partial charge in [0.2, 0.25) is 5.91 Å². The molecule has 2 rings (SSSR count). The lowest BCUT2D eigenvalue weighted by Crippen LogP contribution is -2.43. The van der Waals surface area contributed by atoms with E-state index >= 15 is 0 Å². The van der Waals surface area contributed by atoms with Gasteiger partial charge in [0.05, 0.1) is 26.2 Å². The number of nitrogens with one attached hydrogen (secondary N) is 1. The molecular formula is C14H20N2O3. The molecule has 1 amide bonds. The lowest BCUT2D eigenvalue weighted by molar-refractivity contribution is -0.122. The van der Waals surface area contributed by atoms with Gasteiger partial charge in [-0.1, -0.05) is 0 Å². The first-order chi connectivity index (χ1) is 9.17. The van der Waals surface area contributed by atoms with Crippen LogP contribution in [0.4, 0.5) is 5.69 Å². The number of rotatable bonds is 4. The van der Waals surface area contributed by atoms with Crippen molar-refractivity contribution in [2.24, 2.45) is 5.92 Å². The molecule has 104 valence electrons. The second kappa shape index (κ2) is 6.04. The number of carbonyl (C=O) groups is 1. The second-order valence-corrected chi connectivity index (χ2v) is 4.63.